The summed E-state index contributed by atoms with van der Waals surface area (Å²) in [6, 6.07) is 0.489. The van der Waals surface area contributed by atoms with Gasteiger partial charge in [-0.3, -0.25) is 9.59 Å². The topological polar surface area (TPSA) is 115 Å². The Balaban J connectivity index is 2.09. The van der Waals surface area contributed by atoms with Gasteiger partial charge in [-0.1, -0.05) is 13.8 Å². The molecule has 2 aliphatic rings. The van der Waals surface area contributed by atoms with Crippen molar-refractivity contribution in [3.05, 3.63) is 0 Å². The van der Waals surface area contributed by atoms with Gasteiger partial charge in [-0.25, -0.2) is 0 Å². The lowest BCUT2D eigenvalue weighted by molar-refractivity contribution is -0.141. The van der Waals surface area contributed by atoms with Crippen LogP contribution < -0.4 is 10.6 Å². The number of aldehydes is 1. The van der Waals surface area contributed by atoms with Crippen LogP contribution in [0.3, 0.4) is 0 Å². The van der Waals surface area contributed by atoms with E-state index in [1.54, 1.807) is 20.1 Å². The highest BCUT2D eigenvalue weighted by Crippen LogP contribution is 2.27. The number of nitrogens with zero attached hydrogens (tertiary/aromatic N) is 3. The molecule has 2 fully saturated rings. The van der Waals surface area contributed by atoms with Crippen LogP contribution in [0.25, 0.3) is 0 Å². The predicted molar refractivity (Wildman–Crippen MR) is 107 cm³/mol. The summed E-state index contributed by atoms with van der Waals surface area (Å²) < 4.78 is 4.93. The van der Waals surface area contributed by atoms with Crippen LogP contribution in [0.2, 0.25) is 0 Å². The summed E-state index contributed by atoms with van der Waals surface area (Å²) in [6.07, 6.45) is 4.34. The lowest BCUT2D eigenvalue weighted by atomic mass is 9.84. The third-order valence-corrected chi connectivity index (χ3v) is 6.04. The van der Waals surface area contributed by atoms with E-state index in [0.717, 1.165) is 25.9 Å². The van der Waals surface area contributed by atoms with Gasteiger partial charge in [0.1, 0.15) is 11.8 Å². The number of nitrogens with one attached hydrogen (secondary N) is 2. The molecule has 0 aromatic carbocycles. The molecular weight excluding hydrogens is 374 g/mol. The standard InChI is InChI=1S/C20H33N5O4/c1-15(2)17(29-14-21)18(27)23-20(19(28)22-8-13-26)6-11-25(12-7-20)16-4-9-24(3)10-5-16/h13,15-17H,4-12H2,1-3H3,(H,22,28)(H,23,27). The summed E-state index contributed by atoms with van der Waals surface area (Å²) in [5.74, 6) is -1.06. The van der Waals surface area contributed by atoms with Crippen LogP contribution >= 0.6 is 0 Å². The van der Waals surface area contributed by atoms with E-state index < -0.39 is 17.6 Å². The first-order valence-electron chi connectivity index (χ1n) is 10.3. The first kappa shape index (κ1) is 23.1. The first-order valence-corrected chi connectivity index (χ1v) is 10.3. The number of amides is 2. The molecular formula is C20H33N5O4. The molecule has 162 valence electrons. The normalized spacial score (nSPS) is 21.8. The number of ether oxygens (including phenoxy) is 1. The number of likely N-dealkylation sites (tertiary alicyclic amines) is 2. The van der Waals surface area contributed by atoms with E-state index in [-0.39, 0.29) is 18.4 Å². The third-order valence-electron chi connectivity index (χ3n) is 6.04. The van der Waals surface area contributed by atoms with E-state index >= 15 is 0 Å². The molecule has 0 saturated carbocycles. The number of hydrogen-bond acceptors (Lipinski definition) is 7. The summed E-state index contributed by atoms with van der Waals surface area (Å²) in [5.41, 5.74) is -1.10. The second-order valence-corrected chi connectivity index (χ2v) is 8.39. The highest BCUT2D eigenvalue weighted by Gasteiger charge is 2.45. The SMILES string of the molecule is CC(C)C(OC#N)C(=O)NC1(C(=O)NCC=O)CCN(C2CCN(C)CC2)CC1. The van der Waals surface area contributed by atoms with Crippen LogP contribution in [-0.4, -0.2) is 85.4 Å². The molecule has 0 aromatic heterocycles. The molecule has 2 amide bonds. The van der Waals surface area contributed by atoms with Gasteiger partial charge in [-0.2, -0.15) is 5.26 Å². The van der Waals surface area contributed by atoms with Gasteiger partial charge in [0.25, 0.3) is 12.2 Å². The van der Waals surface area contributed by atoms with Crippen molar-refractivity contribution < 1.29 is 19.1 Å². The third kappa shape index (κ3) is 5.90. The van der Waals surface area contributed by atoms with Crippen LogP contribution in [-0.2, 0) is 19.1 Å². The Hall–Kier alpha value is -2.18. The Morgan fingerprint density at radius 3 is 2.38 bits per heavy atom. The molecule has 2 rings (SSSR count). The fourth-order valence-corrected chi connectivity index (χ4v) is 4.20. The van der Waals surface area contributed by atoms with Crippen molar-refractivity contribution >= 4 is 18.1 Å². The zero-order valence-electron chi connectivity index (χ0n) is 17.6. The number of carbonyl (C=O) groups is 3. The van der Waals surface area contributed by atoms with Gasteiger partial charge in [0, 0.05) is 25.0 Å². The molecule has 1 atom stereocenters. The van der Waals surface area contributed by atoms with E-state index in [2.05, 4.69) is 27.5 Å². The minimum Gasteiger partial charge on any atom is -0.414 e. The molecule has 0 spiro atoms. The van der Waals surface area contributed by atoms with Crippen molar-refractivity contribution in [2.75, 3.05) is 39.8 Å². The molecule has 2 N–H and O–H groups in total. The second kappa shape index (κ2) is 10.6. The monoisotopic (exact) mass is 407 g/mol. The zero-order valence-corrected chi connectivity index (χ0v) is 17.6. The number of piperidine rings is 2. The van der Waals surface area contributed by atoms with Crippen molar-refractivity contribution in [1.29, 1.82) is 5.26 Å². The van der Waals surface area contributed by atoms with Gasteiger partial charge in [0.15, 0.2) is 6.10 Å². The number of rotatable bonds is 8. The fourth-order valence-electron chi connectivity index (χ4n) is 4.20. The van der Waals surface area contributed by atoms with Gasteiger partial charge in [0.05, 0.1) is 6.54 Å². The van der Waals surface area contributed by atoms with Crippen LogP contribution in [0.15, 0.2) is 0 Å². The minimum absolute atomic E-state index is 0.0998. The van der Waals surface area contributed by atoms with Crippen molar-refractivity contribution in [2.45, 2.75) is 57.2 Å². The Kier molecular flexibility index (Phi) is 8.41. The maximum atomic E-state index is 12.9. The van der Waals surface area contributed by atoms with Crippen molar-refractivity contribution in [3.8, 4) is 6.26 Å². The zero-order chi connectivity index (χ0) is 21.4. The molecule has 1 unspecified atom stereocenters. The van der Waals surface area contributed by atoms with Crippen LogP contribution in [0.1, 0.15) is 39.5 Å². The molecule has 9 heteroatoms. The molecule has 2 heterocycles. The molecule has 0 aromatic rings. The number of nitriles is 1. The Bertz CT molecular complexity index is 617. The summed E-state index contributed by atoms with van der Waals surface area (Å²) in [7, 11) is 2.12. The highest BCUT2D eigenvalue weighted by atomic mass is 16.5. The second-order valence-electron chi connectivity index (χ2n) is 8.39. The molecule has 0 bridgehead atoms. The van der Waals surface area contributed by atoms with Crippen molar-refractivity contribution in [2.24, 2.45) is 5.92 Å². The highest BCUT2D eigenvalue weighted by molar-refractivity contribution is 5.93. The Morgan fingerprint density at radius 2 is 1.86 bits per heavy atom. The molecule has 2 saturated heterocycles. The summed E-state index contributed by atoms with van der Waals surface area (Å²) >= 11 is 0. The maximum absolute atomic E-state index is 12.9. The van der Waals surface area contributed by atoms with Crippen LogP contribution in [0.4, 0.5) is 0 Å². The summed E-state index contributed by atoms with van der Waals surface area (Å²) in [4.78, 5) is 41.1. The van der Waals surface area contributed by atoms with Crippen molar-refractivity contribution in [3.63, 3.8) is 0 Å². The van der Waals surface area contributed by atoms with Crippen LogP contribution in [0.5, 0.6) is 0 Å². The van der Waals surface area contributed by atoms with E-state index in [1.165, 1.54) is 0 Å². The minimum atomic E-state index is -1.10. The van der Waals surface area contributed by atoms with Crippen LogP contribution in [0, 0.1) is 17.4 Å². The average Bonchev–Trinajstić information content (AvgIpc) is 2.71. The fraction of sp³-hybridized carbons (Fsp3) is 0.800. The quantitative estimate of drug-likeness (QED) is 0.425. The van der Waals surface area contributed by atoms with E-state index in [1.807, 2.05) is 0 Å². The maximum Gasteiger partial charge on any atom is 0.287 e. The van der Waals surface area contributed by atoms with E-state index in [4.69, 9.17) is 10.00 Å². The van der Waals surface area contributed by atoms with Gasteiger partial charge in [-0.05, 0) is 45.8 Å². The Labute approximate surface area is 172 Å². The van der Waals surface area contributed by atoms with Gasteiger partial charge < -0.3 is 30.0 Å². The lowest BCUT2D eigenvalue weighted by Crippen LogP contribution is -2.65. The number of carbonyl (C=O) groups excluding carboxylic acids is 3. The first-order chi connectivity index (χ1) is 13.8. The molecule has 0 aliphatic carbocycles. The predicted octanol–water partition coefficient (Wildman–Crippen LogP) is -0.131. The van der Waals surface area contributed by atoms with Gasteiger partial charge >= 0.3 is 0 Å². The molecule has 0 radical (unpaired) electrons. The van der Waals surface area contributed by atoms with Crippen molar-refractivity contribution in [1.82, 2.24) is 20.4 Å². The summed E-state index contributed by atoms with van der Waals surface area (Å²) in [6.45, 7) is 6.96. The lowest BCUT2D eigenvalue weighted by Gasteiger charge is -2.45. The van der Waals surface area contributed by atoms with E-state index in [9.17, 15) is 14.4 Å². The van der Waals surface area contributed by atoms with Gasteiger partial charge in [-0.15, -0.1) is 0 Å². The average molecular weight is 408 g/mol. The summed E-state index contributed by atoms with van der Waals surface area (Å²) in [5, 5.41) is 14.3. The molecule has 29 heavy (non-hydrogen) atoms. The molecule has 9 nitrogen and oxygen atoms in total. The largest absolute Gasteiger partial charge is 0.414 e. The number of hydrogen-bond donors (Lipinski definition) is 2. The smallest absolute Gasteiger partial charge is 0.287 e. The Morgan fingerprint density at radius 1 is 1.24 bits per heavy atom. The van der Waals surface area contributed by atoms with E-state index in [0.29, 0.717) is 38.3 Å². The van der Waals surface area contributed by atoms with Gasteiger partial charge in [0.2, 0.25) is 5.91 Å². The molecule has 2 aliphatic heterocycles.